The monoisotopic (exact) mass is 225 g/mol. The van der Waals surface area contributed by atoms with E-state index in [-0.39, 0.29) is 5.25 Å². The van der Waals surface area contributed by atoms with Crippen LogP contribution < -0.4 is 5.32 Å². The summed E-state index contributed by atoms with van der Waals surface area (Å²) in [5, 5.41) is 3.35. The first kappa shape index (κ1) is 12.4. The van der Waals surface area contributed by atoms with Crippen molar-refractivity contribution in [1.29, 1.82) is 0 Å². The second kappa shape index (κ2) is 6.03. The van der Waals surface area contributed by atoms with Crippen LogP contribution in [0.25, 0.3) is 0 Å². The lowest BCUT2D eigenvalue weighted by Gasteiger charge is -2.21. The van der Waals surface area contributed by atoms with Crippen LogP contribution in [0.3, 0.4) is 0 Å². The molecule has 0 aromatic heterocycles. The van der Waals surface area contributed by atoms with E-state index in [0.717, 1.165) is 11.3 Å². The maximum atomic E-state index is 12.2. The molecule has 3 atom stereocenters. The van der Waals surface area contributed by atoms with Crippen LogP contribution in [0, 0.1) is 0 Å². The molecule has 1 aromatic rings. The second-order valence-electron chi connectivity index (χ2n) is 3.62. The first-order valence-corrected chi connectivity index (χ1v) is 6.54. The molecule has 15 heavy (non-hydrogen) atoms. The number of benzene rings is 1. The molecule has 1 N–H and O–H groups in total. The molecular formula is C12H19NOS. The summed E-state index contributed by atoms with van der Waals surface area (Å²) in [6.07, 6.45) is 0.996. The van der Waals surface area contributed by atoms with E-state index in [0.29, 0.717) is 6.04 Å². The molecular weight excluding hydrogens is 206 g/mol. The van der Waals surface area contributed by atoms with Crippen molar-refractivity contribution in [2.24, 2.45) is 0 Å². The Bertz CT molecular complexity index is 309. The molecule has 0 amide bonds. The van der Waals surface area contributed by atoms with Crippen LogP contribution >= 0.6 is 0 Å². The van der Waals surface area contributed by atoms with E-state index in [1.165, 1.54) is 0 Å². The lowest BCUT2D eigenvalue weighted by atomic mass is 10.2. The summed E-state index contributed by atoms with van der Waals surface area (Å²) >= 11 is 0. The highest BCUT2D eigenvalue weighted by Crippen LogP contribution is 2.14. The van der Waals surface area contributed by atoms with Gasteiger partial charge in [0.05, 0.1) is 16.0 Å². The van der Waals surface area contributed by atoms with Gasteiger partial charge in [-0.15, -0.1) is 0 Å². The Kier molecular flexibility index (Phi) is 4.99. The SMILES string of the molecule is CCC(NC)C(C)S(=O)c1ccccc1. The van der Waals surface area contributed by atoms with Gasteiger partial charge in [-0.1, -0.05) is 25.1 Å². The average molecular weight is 225 g/mol. The molecule has 3 heteroatoms. The lowest BCUT2D eigenvalue weighted by molar-refractivity contribution is 0.529. The molecule has 84 valence electrons. The van der Waals surface area contributed by atoms with E-state index < -0.39 is 10.8 Å². The fraction of sp³-hybridized carbons (Fsp3) is 0.500. The van der Waals surface area contributed by atoms with Crippen LogP contribution in [0.15, 0.2) is 35.2 Å². The minimum atomic E-state index is -0.920. The molecule has 1 aromatic carbocycles. The van der Waals surface area contributed by atoms with E-state index >= 15 is 0 Å². The predicted octanol–water partition coefficient (Wildman–Crippen LogP) is 2.18. The van der Waals surface area contributed by atoms with Crippen molar-refractivity contribution < 1.29 is 4.21 Å². The Morgan fingerprint density at radius 1 is 1.33 bits per heavy atom. The second-order valence-corrected chi connectivity index (χ2v) is 5.43. The Balaban J connectivity index is 2.77. The van der Waals surface area contributed by atoms with Crippen LogP contribution in [-0.2, 0) is 10.8 Å². The minimum Gasteiger partial charge on any atom is -0.316 e. The van der Waals surface area contributed by atoms with E-state index in [1.807, 2.05) is 44.3 Å². The van der Waals surface area contributed by atoms with E-state index in [4.69, 9.17) is 0 Å². The molecule has 0 saturated carbocycles. The standard InChI is InChI=1S/C12H19NOS/c1-4-12(13-3)10(2)15(14)11-8-6-5-7-9-11/h5-10,12-13H,4H2,1-3H3. The highest BCUT2D eigenvalue weighted by Gasteiger charge is 2.20. The summed E-state index contributed by atoms with van der Waals surface area (Å²) in [4.78, 5) is 0.915. The Labute approximate surface area is 94.5 Å². The summed E-state index contributed by atoms with van der Waals surface area (Å²) in [5.41, 5.74) is 0. The smallest absolute Gasteiger partial charge is 0.0573 e. The third-order valence-electron chi connectivity index (χ3n) is 2.69. The van der Waals surface area contributed by atoms with Crippen LogP contribution in [0.2, 0.25) is 0 Å². The van der Waals surface area contributed by atoms with Gasteiger partial charge < -0.3 is 5.32 Å². The van der Waals surface area contributed by atoms with Gasteiger partial charge in [0, 0.05) is 10.9 Å². The third kappa shape index (κ3) is 3.14. The van der Waals surface area contributed by atoms with Crippen molar-refractivity contribution in [2.75, 3.05) is 7.05 Å². The fourth-order valence-corrected chi connectivity index (χ4v) is 3.17. The molecule has 0 bridgehead atoms. The lowest BCUT2D eigenvalue weighted by Crippen LogP contribution is -2.37. The predicted molar refractivity (Wildman–Crippen MR) is 65.5 cm³/mol. The number of rotatable bonds is 5. The van der Waals surface area contributed by atoms with Gasteiger partial charge in [0.2, 0.25) is 0 Å². The Morgan fingerprint density at radius 3 is 2.40 bits per heavy atom. The molecule has 0 aliphatic carbocycles. The van der Waals surface area contributed by atoms with Crippen LogP contribution in [0.5, 0.6) is 0 Å². The molecule has 0 saturated heterocycles. The van der Waals surface area contributed by atoms with Gasteiger partial charge in [-0.3, -0.25) is 4.21 Å². The van der Waals surface area contributed by atoms with Crippen LogP contribution in [0.1, 0.15) is 20.3 Å². The summed E-state index contributed by atoms with van der Waals surface area (Å²) in [5.74, 6) is 0. The number of hydrogen-bond acceptors (Lipinski definition) is 2. The number of hydrogen-bond donors (Lipinski definition) is 1. The summed E-state index contributed by atoms with van der Waals surface area (Å²) in [6, 6.07) is 9.97. The van der Waals surface area contributed by atoms with Crippen molar-refractivity contribution in [2.45, 2.75) is 36.5 Å². The summed E-state index contributed by atoms with van der Waals surface area (Å²) < 4.78 is 12.2. The van der Waals surface area contributed by atoms with Gasteiger partial charge >= 0.3 is 0 Å². The fourth-order valence-electron chi connectivity index (χ4n) is 1.69. The van der Waals surface area contributed by atoms with E-state index in [1.54, 1.807) is 0 Å². The van der Waals surface area contributed by atoms with Crippen molar-refractivity contribution in [1.82, 2.24) is 5.32 Å². The first-order chi connectivity index (χ1) is 7.20. The summed E-state index contributed by atoms with van der Waals surface area (Å²) in [7, 11) is 1.00. The first-order valence-electron chi connectivity index (χ1n) is 5.33. The van der Waals surface area contributed by atoms with E-state index in [9.17, 15) is 4.21 Å². The zero-order chi connectivity index (χ0) is 11.3. The molecule has 3 unspecified atom stereocenters. The van der Waals surface area contributed by atoms with Crippen molar-refractivity contribution in [3.05, 3.63) is 30.3 Å². The molecule has 1 rings (SSSR count). The molecule has 2 nitrogen and oxygen atoms in total. The Morgan fingerprint density at radius 2 is 1.93 bits per heavy atom. The van der Waals surface area contributed by atoms with Gasteiger partial charge in [0.1, 0.15) is 0 Å². The molecule has 0 radical (unpaired) electrons. The maximum Gasteiger partial charge on any atom is 0.0573 e. The van der Waals surface area contributed by atoms with Crippen LogP contribution in [-0.4, -0.2) is 22.5 Å². The zero-order valence-electron chi connectivity index (χ0n) is 9.57. The zero-order valence-corrected chi connectivity index (χ0v) is 10.4. The normalized spacial score (nSPS) is 17.0. The van der Waals surface area contributed by atoms with Crippen molar-refractivity contribution in [3.63, 3.8) is 0 Å². The molecule has 0 spiro atoms. The quantitative estimate of drug-likeness (QED) is 0.832. The minimum absolute atomic E-state index is 0.141. The molecule has 0 aliphatic heterocycles. The van der Waals surface area contributed by atoms with Crippen molar-refractivity contribution >= 4 is 10.8 Å². The molecule has 0 fully saturated rings. The highest BCUT2D eigenvalue weighted by atomic mass is 32.2. The topological polar surface area (TPSA) is 29.1 Å². The average Bonchev–Trinajstić information content (AvgIpc) is 2.30. The maximum absolute atomic E-state index is 12.2. The van der Waals surface area contributed by atoms with Gasteiger partial charge in [0.15, 0.2) is 0 Å². The number of nitrogens with one attached hydrogen (secondary N) is 1. The van der Waals surface area contributed by atoms with Gasteiger partial charge in [0.25, 0.3) is 0 Å². The molecule has 0 heterocycles. The Hall–Kier alpha value is -0.670. The van der Waals surface area contributed by atoms with Gasteiger partial charge in [-0.2, -0.15) is 0 Å². The third-order valence-corrected chi connectivity index (χ3v) is 4.43. The van der Waals surface area contributed by atoms with Crippen LogP contribution in [0.4, 0.5) is 0 Å². The largest absolute Gasteiger partial charge is 0.316 e. The van der Waals surface area contributed by atoms with Gasteiger partial charge in [-0.25, -0.2) is 0 Å². The van der Waals surface area contributed by atoms with Gasteiger partial charge in [-0.05, 0) is 32.5 Å². The molecule has 0 aliphatic rings. The van der Waals surface area contributed by atoms with Crippen molar-refractivity contribution in [3.8, 4) is 0 Å². The highest BCUT2D eigenvalue weighted by molar-refractivity contribution is 7.85. The summed E-state index contributed by atoms with van der Waals surface area (Å²) in [6.45, 7) is 4.15. The van der Waals surface area contributed by atoms with E-state index in [2.05, 4.69) is 12.2 Å².